The first-order chi connectivity index (χ1) is 11.1. The van der Waals surface area contributed by atoms with Gasteiger partial charge in [0.1, 0.15) is 0 Å². The zero-order valence-corrected chi connectivity index (χ0v) is 13.7. The molecule has 2 aromatic heterocycles. The number of hydrogen-bond donors (Lipinski definition) is 2. The van der Waals surface area contributed by atoms with E-state index in [1.807, 2.05) is 30.9 Å². The number of carbonyl (C=O) groups excluding carboxylic acids is 1. The Kier molecular flexibility index (Phi) is 4.71. The minimum atomic E-state index is 0.188. The van der Waals surface area contributed by atoms with E-state index in [9.17, 15) is 4.79 Å². The summed E-state index contributed by atoms with van der Waals surface area (Å²) < 4.78 is 0. The fourth-order valence-corrected chi connectivity index (χ4v) is 3.13. The van der Waals surface area contributed by atoms with Gasteiger partial charge >= 0.3 is 0 Å². The Morgan fingerprint density at radius 3 is 2.83 bits per heavy atom. The molecule has 0 radical (unpaired) electrons. The van der Waals surface area contributed by atoms with Crippen LogP contribution in [-0.4, -0.2) is 45.6 Å². The maximum Gasteiger partial charge on any atom is 0.223 e. The Hall–Kier alpha value is -2.21. The summed E-state index contributed by atoms with van der Waals surface area (Å²) in [5.74, 6) is 0.213. The Bertz CT molecular complexity index is 647. The molecule has 1 fully saturated rings. The van der Waals surface area contributed by atoms with Crippen molar-refractivity contribution < 1.29 is 4.79 Å². The van der Waals surface area contributed by atoms with Crippen LogP contribution in [0.15, 0.2) is 24.5 Å². The molecule has 3 heterocycles. The molecule has 3 rings (SSSR count). The molecule has 23 heavy (non-hydrogen) atoms. The Labute approximate surface area is 136 Å². The highest BCUT2D eigenvalue weighted by molar-refractivity contribution is 5.76. The van der Waals surface area contributed by atoms with Crippen molar-refractivity contribution in [1.29, 1.82) is 0 Å². The fourth-order valence-electron chi connectivity index (χ4n) is 3.13. The van der Waals surface area contributed by atoms with Crippen LogP contribution in [-0.2, 0) is 11.2 Å². The van der Waals surface area contributed by atoms with Gasteiger partial charge in [-0.1, -0.05) is 0 Å². The minimum Gasteiger partial charge on any atom is -0.340 e. The van der Waals surface area contributed by atoms with Crippen molar-refractivity contribution >= 4 is 5.91 Å². The molecule has 0 saturated carbocycles. The maximum absolute atomic E-state index is 12.5. The molecular formula is C17H23N5O. The maximum atomic E-state index is 12.5. The molecule has 0 spiro atoms. The molecule has 2 aromatic rings. The predicted octanol–water partition coefficient (Wildman–Crippen LogP) is 1.53. The normalized spacial score (nSPS) is 18.2. The van der Waals surface area contributed by atoms with E-state index >= 15 is 0 Å². The third-order valence-electron chi connectivity index (χ3n) is 4.51. The number of pyridine rings is 1. The van der Waals surface area contributed by atoms with E-state index in [1.165, 1.54) is 11.1 Å². The third kappa shape index (κ3) is 3.59. The highest BCUT2D eigenvalue weighted by Crippen LogP contribution is 2.18. The summed E-state index contributed by atoms with van der Waals surface area (Å²) >= 11 is 0. The van der Waals surface area contributed by atoms with Gasteiger partial charge in [0.05, 0.1) is 11.7 Å². The van der Waals surface area contributed by atoms with Gasteiger partial charge in [0, 0.05) is 44.1 Å². The molecule has 0 bridgehead atoms. The molecular weight excluding hydrogens is 290 g/mol. The van der Waals surface area contributed by atoms with Gasteiger partial charge in [-0.05, 0) is 43.5 Å². The predicted molar refractivity (Wildman–Crippen MR) is 87.9 cm³/mol. The molecule has 1 saturated heterocycles. The van der Waals surface area contributed by atoms with Crippen molar-refractivity contribution in [3.8, 4) is 0 Å². The molecule has 2 N–H and O–H groups in total. The Morgan fingerprint density at radius 1 is 1.35 bits per heavy atom. The number of nitrogens with zero attached hydrogens (tertiary/aromatic N) is 3. The van der Waals surface area contributed by atoms with Crippen LogP contribution in [0.3, 0.4) is 0 Å². The van der Waals surface area contributed by atoms with Crippen molar-refractivity contribution in [2.75, 3.05) is 19.6 Å². The second-order valence-corrected chi connectivity index (χ2v) is 6.04. The van der Waals surface area contributed by atoms with E-state index < -0.39 is 0 Å². The largest absolute Gasteiger partial charge is 0.340 e. The highest BCUT2D eigenvalue weighted by Gasteiger charge is 2.24. The summed E-state index contributed by atoms with van der Waals surface area (Å²) in [5.41, 5.74) is 4.40. The van der Waals surface area contributed by atoms with Crippen molar-refractivity contribution in [1.82, 2.24) is 25.4 Å². The highest BCUT2D eigenvalue weighted by atomic mass is 16.2. The minimum absolute atomic E-state index is 0.188. The number of amides is 1. The summed E-state index contributed by atoms with van der Waals surface area (Å²) in [4.78, 5) is 18.6. The molecule has 1 amide bonds. The first kappa shape index (κ1) is 15.7. The van der Waals surface area contributed by atoms with Crippen molar-refractivity contribution in [3.63, 3.8) is 0 Å². The number of aromatic nitrogens is 3. The third-order valence-corrected chi connectivity index (χ3v) is 4.51. The Morgan fingerprint density at radius 2 is 2.13 bits per heavy atom. The van der Waals surface area contributed by atoms with Gasteiger partial charge in [0.15, 0.2) is 0 Å². The number of nitrogens with one attached hydrogen (secondary N) is 2. The molecule has 0 aromatic carbocycles. The van der Waals surface area contributed by atoms with Gasteiger partial charge in [-0.25, -0.2) is 0 Å². The SMILES string of the molecule is Cc1n[nH]c(C)c1CCC(=O)N1CCNC(c2ccncc2)C1. The second kappa shape index (κ2) is 6.91. The van der Waals surface area contributed by atoms with Crippen LogP contribution < -0.4 is 5.32 Å². The number of aryl methyl sites for hydroxylation is 2. The van der Waals surface area contributed by atoms with Gasteiger partial charge in [0.2, 0.25) is 5.91 Å². The van der Waals surface area contributed by atoms with E-state index in [-0.39, 0.29) is 11.9 Å². The van der Waals surface area contributed by atoms with Crippen LogP contribution >= 0.6 is 0 Å². The lowest BCUT2D eigenvalue weighted by Crippen LogP contribution is -2.48. The zero-order valence-electron chi connectivity index (χ0n) is 13.7. The van der Waals surface area contributed by atoms with Crippen molar-refractivity contribution in [2.45, 2.75) is 32.7 Å². The van der Waals surface area contributed by atoms with Gasteiger partial charge in [-0.15, -0.1) is 0 Å². The van der Waals surface area contributed by atoms with Crippen LogP contribution in [0.5, 0.6) is 0 Å². The number of H-pyrrole nitrogens is 1. The lowest BCUT2D eigenvalue weighted by atomic mass is 10.0. The molecule has 1 atom stereocenters. The van der Waals surface area contributed by atoms with Crippen LogP contribution in [0.2, 0.25) is 0 Å². The molecule has 6 heteroatoms. The van der Waals surface area contributed by atoms with E-state index in [2.05, 4.69) is 20.5 Å². The quantitative estimate of drug-likeness (QED) is 0.898. The smallest absolute Gasteiger partial charge is 0.223 e. The topological polar surface area (TPSA) is 73.9 Å². The van der Waals surface area contributed by atoms with Crippen molar-refractivity contribution in [3.05, 3.63) is 47.0 Å². The molecule has 1 unspecified atom stereocenters. The summed E-state index contributed by atoms with van der Waals surface area (Å²) in [7, 11) is 0. The number of rotatable bonds is 4. The van der Waals surface area contributed by atoms with Crippen LogP contribution in [0.4, 0.5) is 0 Å². The van der Waals surface area contributed by atoms with Gasteiger partial charge < -0.3 is 10.2 Å². The van der Waals surface area contributed by atoms with Crippen LogP contribution in [0.1, 0.15) is 35.0 Å². The fraction of sp³-hybridized carbons (Fsp3) is 0.471. The number of piperazine rings is 1. The van der Waals surface area contributed by atoms with E-state index in [0.717, 1.165) is 30.9 Å². The molecule has 1 aliphatic rings. The molecule has 1 aliphatic heterocycles. The second-order valence-electron chi connectivity index (χ2n) is 6.04. The molecule has 0 aliphatic carbocycles. The standard InChI is InChI=1S/C17H23N5O/c1-12-15(13(2)21-20-12)3-4-17(23)22-10-9-19-16(11-22)14-5-7-18-8-6-14/h5-8,16,19H,3-4,9-11H2,1-2H3,(H,20,21). The van der Waals surface area contributed by atoms with Gasteiger partial charge in [-0.3, -0.25) is 14.9 Å². The summed E-state index contributed by atoms with van der Waals surface area (Å²) in [6.07, 6.45) is 4.87. The summed E-state index contributed by atoms with van der Waals surface area (Å²) in [6, 6.07) is 4.20. The van der Waals surface area contributed by atoms with Gasteiger partial charge in [-0.2, -0.15) is 5.10 Å². The van der Waals surface area contributed by atoms with E-state index in [4.69, 9.17) is 0 Å². The van der Waals surface area contributed by atoms with Crippen molar-refractivity contribution in [2.24, 2.45) is 0 Å². The average Bonchev–Trinajstić information content (AvgIpc) is 2.92. The lowest BCUT2D eigenvalue weighted by Gasteiger charge is -2.34. The number of hydrogen-bond acceptors (Lipinski definition) is 4. The van der Waals surface area contributed by atoms with Crippen LogP contribution in [0.25, 0.3) is 0 Å². The zero-order chi connectivity index (χ0) is 16.2. The van der Waals surface area contributed by atoms with E-state index in [0.29, 0.717) is 13.0 Å². The van der Waals surface area contributed by atoms with Crippen LogP contribution in [0, 0.1) is 13.8 Å². The number of aromatic amines is 1. The lowest BCUT2D eigenvalue weighted by molar-refractivity contribution is -0.132. The Balaban J connectivity index is 1.59. The van der Waals surface area contributed by atoms with E-state index in [1.54, 1.807) is 12.4 Å². The first-order valence-electron chi connectivity index (χ1n) is 8.06. The first-order valence-corrected chi connectivity index (χ1v) is 8.06. The molecule has 6 nitrogen and oxygen atoms in total. The van der Waals surface area contributed by atoms with Gasteiger partial charge in [0.25, 0.3) is 0 Å². The monoisotopic (exact) mass is 313 g/mol. The summed E-state index contributed by atoms with van der Waals surface area (Å²) in [5, 5.41) is 10.6. The number of carbonyl (C=O) groups is 1. The average molecular weight is 313 g/mol. The molecule has 122 valence electrons. The summed E-state index contributed by atoms with van der Waals surface area (Å²) in [6.45, 7) is 6.29.